The Morgan fingerprint density at radius 1 is 0.905 bits per heavy atom. The number of rotatable bonds is 8. The van der Waals surface area contributed by atoms with E-state index in [4.69, 9.17) is 0 Å². The van der Waals surface area contributed by atoms with Crippen LogP contribution in [0.25, 0.3) is 0 Å². The van der Waals surface area contributed by atoms with Crippen molar-refractivity contribution in [2.24, 2.45) is 5.41 Å². The molecular weight excluding hydrogens is 268 g/mol. The number of imide groups is 2. The van der Waals surface area contributed by atoms with Crippen LogP contribution in [-0.2, 0) is 9.59 Å². The van der Waals surface area contributed by atoms with Gasteiger partial charge in [-0.05, 0) is 25.7 Å². The summed E-state index contributed by atoms with van der Waals surface area (Å²) in [5.41, 5.74) is -1.26. The van der Waals surface area contributed by atoms with Gasteiger partial charge >= 0.3 is 6.03 Å². The molecule has 0 saturated carbocycles. The normalized spacial score (nSPS) is 18.1. The molecule has 0 spiro atoms. The lowest BCUT2D eigenvalue weighted by Crippen LogP contribution is -2.65. The van der Waals surface area contributed by atoms with E-state index < -0.39 is 23.3 Å². The predicted octanol–water partition coefficient (Wildman–Crippen LogP) is 2.74. The van der Waals surface area contributed by atoms with Gasteiger partial charge in [0.2, 0.25) is 11.8 Å². The van der Waals surface area contributed by atoms with Crippen molar-refractivity contribution in [3.63, 3.8) is 0 Å². The number of carbonyl (C=O) groups excluding carboxylic acids is 3. The molecule has 1 aliphatic heterocycles. The van der Waals surface area contributed by atoms with E-state index >= 15 is 0 Å². The molecule has 5 nitrogen and oxygen atoms in total. The van der Waals surface area contributed by atoms with Crippen LogP contribution in [-0.4, -0.2) is 40.7 Å². The van der Waals surface area contributed by atoms with Crippen LogP contribution in [0.3, 0.4) is 0 Å². The Morgan fingerprint density at radius 3 is 1.57 bits per heavy atom. The van der Waals surface area contributed by atoms with Gasteiger partial charge in [-0.2, -0.15) is 0 Å². The van der Waals surface area contributed by atoms with Crippen LogP contribution in [0.2, 0.25) is 0 Å². The molecule has 0 bridgehead atoms. The highest BCUT2D eigenvalue weighted by Gasteiger charge is 2.55. The molecule has 0 aliphatic carbocycles. The number of hydrogen-bond acceptors (Lipinski definition) is 3. The molecule has 1 rings (SSSR count). The molecular formula is C16H24N2O3. The van der Waals surface area contributed by atoms with E-state index in [2.05, 4.69) is 13.2 Å². The molecule has 0 aromatic carbocycles. The topological polar surface area (TPSA) is 57.7 Å². The largest absolute Gasteiger partial charge is 0.333 e. The number of urea groups is 1. The standard InChI is InChI=1S/C16H24N2O3/c1-5-9-16(10-6-2)13(19)17(11-7-3)15(21)18(12-8-4)14(16)20/h5-6H,1-2,7-12H2,3-4H3. The van der Waals surface area contributed by atoms with Crippen LogP contribution in [0.1, 0.15) is 39.5 Å². The van der Waals surface area contributed by atoms with E-state index in [0.29, 0.717) is 25.9 Å². The molecule has 21 heavy (non-hydrogen) atoms. The monoisotopic (exact) mass is 292 g/mol. The second-order valence-electron chi connectivity index (χ2n) is 5.26. The fraction of sp³-hybridized carbons (Fsp3) is 0.562. The van der Waals surface area contributed by atoms with Gasteiger partial charge in [0.05, 0.1) is 0 Å². The van der Waals surface area contributed by atoms with Crippen molar-refractivity contribution in [2.75, 3.05) is 13.1 Å². The van der Waals surface area contributed by atoms with Gasteiger partial charge in [0.15, 0.2) is 0 Å². The molecule has 0 radical (unpaired) electrons. The number of allylic oxidation sites excluding steroid dienone is 2. The molecule has 1 aliphatic rings. The highest BCUT2D eigenvalue weighted by atomic mass is 16.2. The zero-order valence-electron chi connectivity index (χ0n) is 12.9. The molecule has 0 aromatic heterocycles. The number of hydrogen-bond donors (Lipinski definition) is 0. The third-order valence-electron chi connectivity index (χ3n) is 3.65. The fourth-order valence-corrected chi connectivity index (χ4v) is 2.69. The van der Waals surface area contributed by atoms with E-state index in [1.807, 2.05) is 13.8 Å². The summed E-state index contributed by atoms with van der Waals surface area (Å²) in [6, 6.07) is -0.502. The third-order valence-corrected chi connectivity index (χ3v) is 3.65. The van der Waals surface area contributed by atoms with Crippen molar-refractivity contribution in [3.05, 3.63) is 25.3 Å². The van der Waals surface area contributed by atoms with Gasteiger partial charge in [-0.15, -0.1) is 13.2 Å². The molecule has 0 atom stereocenters. The van der Waals surface area contributed by atoms with E-state index in [-0.39, 0.29) is 12.8 Å². The number of carbonyl (C=O) groups is 3. The Kier molecular flexibility index (Phi) is 5.88. The summed E-state index contributed by atoms with van der Waals surface area (Å²) >= 11 is 0. The Morgan fingerprint density at radius 2 is 1.29 bits per heavy atom. The van der Waals surface area contributed by atoms with Crippen LogP contribution >= 0.6 is 0 Å². The van der Waals surface area contributed by atoms with Gasteiger partial charge in [-0.1, -0.05) is 26.0 Å². The first-order chi connectivity index (χ1) is 9.99. The Hall–Kier alpha value is -1.91. The van der Waals surface area contributed by atoms with E-state index in [1.54, 1.807) is 12.2 Å². The van der Waals surface area contributed by atoms with Crippen molar-refractivity contribution in [1.82, 2.24) is 9.80 Å². The molecule has 0 unspecified atom stereocenters. The first-order valence-electron chi connectivity index (χ1n) is 7.39. The van der Waals surface area contributed by atoms with Crippen molar-refractivity contribution < 1.29 is 14.4 Å². The van der Waals surface area contributed by atoms with Gasteiger partial charge in [0.25, 0.3) is 0 Å². The maximum atomic E-state index is 12.7. The van der Waals surface area contributed by atoms with Crippen LogP contribution in [0.5, 0.6) is 0 Å². The zero-order valence-corrected chi connectivity index (χ0v) is 12.9. The van der Waals surface area contributed by atoms with Crippen molar-refractivity contribution >= 4 is 17.8 Å². The lowest BCUT2D eigenvalue weighted by molar-refractivity contribution is -0.158. The molecule has 0 N–H and O–H groups in total. The molecule has 4 amide bonds. The van der Waals surface area contributed by atoms with Crippen molar-refractivity contribution in [1.29, 1.82) is 0 Å². The van der Waals surface area contributed by atoms with Crippen molar-refractivity contribution in [3.8, 4) is 0 Å². The van der Waals surface area contributed by atoms with Crippen LogP contribution < -0.4 is 0 Å². The van der Waals surface area contributed by atoms with E-state index in [1.165, 1.54) is 9.80 Å². The summed E-state index contributed by atoms with van der Waals surface area (Å²) in [4.78, 5) is 40.3. The summed E-state index contributed by atoms with van der Waals surface area (Å²) in [7, 11) is 0. The van der Waals surface area contributed by atoms with Crippen LogP contribution in [0, 0.1) is 5.41 Å². The molecule has 1 saturated heterocycles. The Bertz CT molecular complexity index is 416. The molecule has 5 heteroatoms. The number of nitrogens with zero attached hydrogens (tertiary/aromatic N) is 2. The summed E-state index contributed by atoms with van der Waals surface area (Å²) in [6.07, 6.45) is 4.86. The molecule has 0 aromatic rings. The lowest BCUT2D eigenvalue weighted by atomic mass is 9.76. The maximum absolute atomic E-state index is 12.7. The highest BCUT2D eigenvalue weighted by Crippen LogP contribution is 2.37. The van der Waals surface area contributed by atoms with E-state index in [9.17, 15) is 14.4 Å². The summed E-state index contributed by atoms with van der Waals surface area (Å²) in [5, 5.41) is 0. The minimum Gasteiger partial charge on any atom is -0.273 e. The Balaban J connectivity index is 3.34. The van der Waals surface area contributed by atoms with Gasteiger partial charge in [0, 0.05) is 13.1 Å². The van der Waals surface area contributed by atoms with Gasteiger partial charge in [-0.25, -0.2) is 4.79 Å². The maximum Gasteiger partial charge on any atom is 0.333 e. The third kappa shape index (κ3) is 2.91. The molecule has 1 heterocycles. The quantitative estimate of drug-likeness (QED) is 0.510. The minimum absolute atomic E-state index is 0.213. The molecule has 1 fully saturated rings. The second kappa shape index (κ2) is 7.20. The smallest absolute Gasteiger partial charge is 0.273 e. The first kappa shape index (κ1) is 17.1. The SMILES string of the molecule is C=CCC1(CC=C)C(=O)N(CCC)C(=O)N(CCC)C1=O. The minimum atomic E-state index is -1.26. The Labute approximate surface area is 126 Å². The first-order valence-corrected chi connectivity index (χ1v) is 7.39. The summed E-state index contributed by atoms with van der Waals surface area (Å²) in [6.45, 7) is 11.7. The number of barbiturate groups is 1. The van der Waals surface area contributed by atoms with Crippen molar-refractivity contribution in [2.45, 2.75) is 39.5 Å². The van der Waals surface area contributed by atoms with Gasteiger partial charge < -0.3 is 0 Å². The average Bonchev–Trinajstić information content (AvgIpc) is 2.46. The molecule has 116 valence electrons. The highest BCUT2D eigenvalue weighted by molar-refractivity contribution is 6.19. The summed E-state index contributed by atoms with van der Waals surface area (Å²) in [5.74, 6) is -0.849. The number of amides is 4. The predicted molar refractivity (Wildman–Crippen MR) is 81.5 cm³/mol. The fourth-order valence-electron chi connectivity index (χ4n) is 2.69. The lowest BCUT2D eigenvalue weighted by Gasteiger charge is -2.43. The average molecular weight is 292 g/mol. The van der Waals surface area contributed by atoms with Crippen LogP contribution in [0.15, 0.2) is 25.3 Å². The van der Waals surface area contributed by atoms with Gasteiger partial charge in [0.1, 0.15) is 5.41 Å². The van der Waals surface area contributed by atoms with Crippen LogP contribution in [0.4, 0.5) is 4.79 Å². The summed E-state index contributed by atoms with van der Waals surface area (Å²) < 4.78 is 0. The van der Waals surface area contributed by atoms with E-state index in [0.717, 1.165) is 0 Å². The zero-order chi connectivity index (χ0) is 16.0. The second-order valence-corrected chi connectivity index (χ2v) is 5.26. The van der Waals surface area contributed by atoms with Gasteiger partial charge in [-0.3, -0.25) is 19.4 Å².